The minimum atomic E-state index is -4.55. The van der Waals surface area contributed by atoms with E-state index >= 15 is 0 Å². The lowest BCUT2D eigenvalue weighted by Gasteiger charge is -2.09. The largest absolute Gasteiger partial charge is 0.435 e. The molecule has 0 unspecified atom stereocenters. The van der Waals surface area contributed by atoms with Gasteiger partial charge in [0.25, 0.3) is 0 Å². The number of nitrogens with two attached hydrogens (primary N) is 1. The van der Waals surface area contributed by atoms with Crippen molar-refractivity contribution in [1.29, 1.82) is 0 Å². The van der Waals surface area contributed by atoms with Crippen molar-refractivity contribution in [2.75, 3.05) is 0 Å². The lowest BCUT2D eigenvalue weighted by Crippen LogP contribution is -2.09. The van der Waals surface area contributed by atoms with Gasteiger partial charge in [-0.05, 0) is 30.7 Å². The highest BCUT2D eigenvalue weighted by atomic mass is 19.4. The predicted molar refractivity (Wildman–Crippen MR) is 61.1 cm³/mol. The van der Waals surface area contributed by atoms with E-state index < -0.39 is 17.7 Å². The fourth-order valence-corrected chi connectivity index (χ4v) is 1.60. The summed E-state index contributed by atoms with van der Waals surface area (Å²) in [5, 5.41) is 3.31. The summed E-state index contributed by atoms with van der Waals surface area (Å²) in [6.45, 7) is 1.68. The van der Waals surface area contributed by atoms with E-state index in [1.807, 2.05) is 0 Å². The molecule has 19 heavy (non-hydrogen) atoms. The SMILES string of the molecule is C[C@@H](N)c1ccc(-n2ccc(C(F)(F)F)n2)c(F)c1. The topological polar surface area (TPSA) is 43.8 Å². The van der Waals surface area contributed by atoms with Gasteiger partial charge in [-0.25, -0.2) is 9.07 Å². The van der Waals surface area contributed by atoms with Crippen LogP contribution in [0.15, 0.2) is 30.5 Å². The predicted octanol–water partition coefficient (Wildman–Crippen LogP) is 3.05. The van der Waals surface area contributed by atoms with Gasteiger partial charge in [-0.3, -0.25) is 0 Å². The van der Waals surface area contributed by atoms with Gasteiger partial charge in [0.15, 0.2) is 5.69 Å². The molecule has 0 aliphatic carbocycles. The van der Waals surface area contributed by atoms with Crippen LogP contribution in [0.1, 0.15) is 24.2 Å². The van der Waals surface area contributed by atoms with Crippen LogP contribution in [0.3, 0.4) is 0 Å². The monoisotopic (exact) mass is 273 g/mol. The van der Waals surface area contributed by atoms with Crippen LogP contribution in [0.25, 0.3) is 5.69 Å². The van der Waals surface area contributed by atoms with Crippen LogP contribution in [-0.4, -0.2) is 9.78 Å². The van der Waals surface area contributed by atoms with Crippen LogP contribution in [0.5, 0.6) is 0 Å². The number of hydrogen-bond acceptors (Lipinski definition) is 2. The number of benzene rings is 1. The van der Waals surface area contributed by atoms with E-state index in [4.69, 9.17) is 5.73 Å². The number of rotatable bonds is 2. The van der Waals surface area contributed by atoms with Gasteiger partial charge >= 0.3 is 6.18 Å². The molecule has 0 aliphatic heterocycles. The van der Waals surface area contributed by atoms with Crippen molar-refractivity contribution in [2.45, 2.75) is 19.1 Å². The number of alkyl halides is 3. The third kappa shape index (κ3) is 2.76. The molecule has 1 heterocycles. The van der Waals surface area contributed by atoms with Gasteiger partial charge in [-0.2, -0.15) is 18.3 Å². The highest BCUT2D eigenvalue weighted by Gasteiger charge is 2.33. The third-order valence-electron chi connectivity index (χ3n) is 2.62. The van der Waals surface area contributed by atoms with Gasteiger partial charge in [-0.1, -0.05) is 6.07 Å². The van der Waals surface area contributed by atoms with Gasteiger partial charge in [0, 0.05) is 12.2 Å². The quantitative estimate of drug-likeness (QED) is 0.855. The third-order valence-corrected chi connectivity index (χ3v) is 2.62. The van der Waals surface area contributed by atoms with E-state index in [0.29, 0.717) is 5.56 Å². The van der Waals surface area contributed by atoms with Crippen molar-refractivity contribution in [2.24, 2.45) is 5.73 Å². The maximum Gasteiger partial charge on any atom is 0.435 e. The second kappa shape index (κ2) is 4.65. The zero-order valence-electron chi connectivity index (χ0n) is 9.95. The Morgan fingerprint density at radius 1 is 1.26 bits per heavy atom. The molecule has 0 saturated carbocycles. The zero-order chi connectivity index (χ0) is 14.2. The minimum absolute atomic E-state index is 0.0556. The molecule has 2 aromatic rings. The molecule has 7 heteroatoms. The van der Waals surface area contributed by atoms with Gasteiger partial charge in [0.05, 0.1) is 0 Å². The zero-order valence-corrected chi connectivity index (χ0v) is 9.95. The van der Waals surface area contributed by atoms with Crippen molar-refractivity contribution < 1.29 is 17.6 Å². The molecule has 1 atom stereocenters. The lowest BCUT2D eigenvalue weighted by molar-refractivity contribution is -0.141. The molecule has 3 nitrogen and oxygen atoms in total. The Morgan fingerprint density at radius 3 is 2.42 bits per heavy atom. The number of halogens is 4. The van der Waals surface area contributed by atoms with Crippen LogP contribution >= 0.6 is 0 Å². The first-order valence-electron chi connectivity index (χ1n) is 5.47. The van der Waals surface area contributed by atoms with Crippen LogP contribution in [0, 0.1) is 5.82 Å². The van der Waals surface area contributed by atoms with Crippen LogP contribution in [-0.2, 0) is 6.18 Å². The van der Waals surface area contributed by atoms with Crippen molar-refractivity contribution >= 4 is 0 Å². The Morgan fingerprint density at radius 2 is 1.95 bits per heavy atom. The number of hydrogen-bond donors (Lipinski definition) is 1. The maximum atomic E-state index is 13.8. The second-order valence-electron chi connectivity index (χ2n) is 4.14. The molecule has 102 valence electrons. The summed E-state index contributed by atoms with van der Waals surface area (Å²) in [6.07, 6.45) is -3.49. The van der Waals surface area contributed by atoms with Gasteiger partial charge in [0.2, 0.25) is 0 Å². The van der Waals surface area contributed by atoms with E-state index in [1.165, 1.54) is 12.1 Å². The standard InChI is InChI=1S/C12H11F4N3/c1-7(17)8-2-3-10(9(13)6-8)19-5-4-11(18-19)12(14,15)16/h2-7H,17H2,1H3/t7-/m1/s1. The smallest absolute Gasteiger partial charge is 0.324 e. The summed E-state index contributed by atoms with van der Waals surface area (Å²) in [4.78, 5) is 0. The van der Waals surface area contributed by atoms with Crippen molar-refractivity contribution in [3.63, 3.8) is 0 Å². The molecule has 1 aromatic carbocycles. The lowest BCUT2D eigenvalue weighted by atomic mass is 10.1. The van der Waals surface area contributed by atoms with E-state index in [-0.39, 0.29) is 11.7 Å². The van der Waals surface area contributed by atoms with E-state index in [9.17, 15) is 17.6 Å². The molecule has 0 fully saturated rings. The van der Waals surface area contributed by atoms with Crippen molar-refractivity contribution in [1.82, 2.24) is 9.78 Å². The Hall–Kier alpha value is -1.89. The first-order valence-corrected chi connectivity index (χ1v) is 5.47. The summed E-state index contributed by atoms with van der Waals surface area (Å²) in [6, 6.07) is 4.53. The van der Waals surface area contributed by atoms with E-state index in [2.05, 4.69) is 5.10 Å². The maximum absolute atomic E-state index is 13.8. The minimum Gasteiger partial charge on any atom is -0.324 e. The Labute approximate surface area is 106 Å². The first-order chi connectivity index (χ1) is 8.79. The highest BCUT2D eigenvalue weighted by Crippen LogP contribution is 2.28. The van der Waals surface area contributed by atoms with Crippen LogP contribution < -0.4 is 5.73 Å². The molecule has 2 N–H and O–H groups in total. The van der Waals surface area contributed by atoms with Crippen molar-refractivity contribution in [3.05, 3.63) is 47.5 Å². The Kier molecular flexibility index (Phi) is 3.32. The molecule has 0 aliphatic rings. The van der Waals surface area contributed by atoms with Gasteiger partial charge in [-0.15, -0.1) is 0 Å². The molecule has 1 aromatic heterocycles. The van der Waals surface area contributed by atoms with E-state index in [1.54, 1.807) is 13.0 Å². The molecule has 0 bridgehead atoms. The summed E-state index contributed by atoms with van der Waals surface area (Å²) in [5.41, 5.74) is 5.03. The highest BCUT2D eigenvalue weighted by molar-refractivity contribution is 5.37. The number of aromatic nitrogens is 2. The van der Waals surface area contributed by atoms with Gasteiger partial charge < -0.3 is 5.73 Å². The van der Waals surface area contributed by atoms with Gasteiger partial charge in [0.1, 0.15) is 11.5 Å². The molecular weight excluding hydrogens is 262 g/mol. The molecule has 0 saturated heterocycles. The average molecular weight is 273 g/mol. The first kappa shape index (κ1) is 13.5. The fraction of sp³-hybridized carbons (Fsp3) is 0.250. The van der Waals surface area contributed by atoms with Crippen LogP contribution in [0.4, 0.5) is 17.6 Å². The molecule has 0 radical (unpaired) electrons. The fourth-order valence-electron chi connectivity index (χ4n) is 1.60. The Bertz CT molecular complexity index is 587. The summed E-state index contributed by atoms with van der Waals surface area (Å²) < 4.78 is 51.9. The van der Waals surface area contributed by atoms with Crippen LogP contribution in [0.2, 0.25) is 0 Å². The molecule has 2 rings (SSSR count). The second-order valence-corrected chi connectivity index (χ2v) is 4.14. The molecule has 0 spiro atoms. The van der Waals surface area contributed by atoms with Crippen molar-refractivity contribution in [3.8, 4) is 5.69 Å². The normalized spacial score (nSPS) is 13.6. The Balaban J connectivity index is 2.40. The summed E-state index contributed by atoms with van der Waals surface area (Å²) >= 11 is 0. The number of nitrogens with zero attached hydrogens (tertiary/aromatic N) is 2. The molecule has 0 amide bonds. The van der Waals surface area contributed by atoms with E-state index in [0.717, 1.165) is 16.9 Å². The average Bonchev–Trinajstić information content (AvgIpc) is 2.77. The summed E-state index contributed by atoms with van der Waals surface area (Å²) in [5.74, 6) is -0.674. The summed E-state index contributed by atoms with van der Waals surface area (Å²) in [7, 11) is 0. The molecular formula is C12H11F4N3.